The summed E-state index contributed by atoms with van der Waals surface area (Å²) in [5.41, 5.74) is 1.19. The van der Waals surface area contributed by atoms with Gasteiger partial charge in [-0.3, -0.25) is 10.1 Å². The van der Waals surface area contributed by atoms with Gasteiger partial charge in [0.05, 0.1) is 23.0 Å². The Morgan fingerprint density at radius 1 is 1.31 bits per heavy atom. The van der Waals surface area contributed by atoms with Gasteiger partial charge in [0.25, 0.3) is 5.69 Å². The third-order valence-electron chi connectivity index (χ3n) is 4.16. The molecule has 2 aromatic rings. The number of ether oxygens (including phenoxy) is 1. The number of rotatable bonds is 6. The Morgan fingerprint density at radius 2 is 2.04 bits per heavy atom. The molecule has 1 aliphatic rings. The van der Waals surface area contributed by atoms with Crippen molar-refractivity contribution < 1.29 is 18.1 Å². The Bertz CT molecular complexity index is 877. The molecule has 3 rings (SSSR count). The summed E-state index contributed by atoms with van der Waals surface area (Å²) in [7, 11) is -2.03. The van der Waals surface area contributed by atoms with Crippen molar-refractivity contribution in [3.05, 3.63) is 50.7 Å². The van der Waals surface area contributed by atoms with Crippen LogP contribution < -0.4 is 4.90 Å². The first-order valence-electron chi connectivity index (χ1n) is 7.98. The summed E-state index contributed by atoms with van der Waals surface area (Å²) in [6, 6.07) is 6.02. The molecule has 0 amide bonds. The number of thiophene rings is 1. The molecule has 140 valence electrons. The van der Waals surface area contributed by atoms with Crippen molar-refractivity contribution in [2.75, 3.05) is 38.3 Å². The summed E-state index contributed by atoms with van der Waals surface area (Å²) >= 11 is 1.55. The second kappa shape index (κ2) is 7.70. The molecule has 0 saturated carbocycles. The van der Waals surface area contributed by atoms with Crippen LogP contribution in [0.2, 0.25) is 0 Å². The van der Waals surface area contributed by atoms with E-state index in [1.807, 2.05) is 16.8 Å². The molecule has 1 aliphatic heterocycles. The normalized spacial score (nSPS) is 15.7. The van der Waals surface area contributed by atoms with E-state index in [-0.39, 0.29) is 23.7 Å². The lowest BCUT2D eigenvalue weighted by Gasteiger charge is -2.26. The fraction of sp³-hybridized carbons (Fsp3) is 0.375. The van der Waals surface area contributed by atoms with E-state index in [0.717, 1.165) is 11.6 Å². The lowest BCUT2D eigenvalue weighted by Crippen LogP contribution is -2.40. The highest BCUT2D eigenvalue weighted by atomic mass is 32.2. The molecule has 0 radical (unpaired) electrons. The number of nitro benzene ring substituents is 1. The molecule has 0 unspecified atom stereocenters. The largest absolute Gasteiger partial charge is 0.379 e. The van der Waals surface area contributed by atoms with Crippen molar-refractivity contribution in [3.8, 4) is 0 Å². The van der Waals surface area contributed by atoms with Crippen LogP contribution in [-0.2, 0) is 21.3 Å². The number of hydrogen-bond donors (Lipinski definition) is 0. The maximum absolute atomic E-state index is 12.7. The first kappa shape index (κ1) is 18.8. The van der Waals surface area contributed by atoms with E-state index < -0.39 is 14.9 Å². The molecule has 2 heterocycles. The molecule has 0 atom stereocenters. The fourth-order valence-electron chi connectivity index (χ4n) is 2.81. The van der Waals surface area contributed by atoms with Crippen molar-refractivity contribution in [3.63, 3.8) is 0 Å². The van der Waals surface area contributed by atoms with Crippen LogP contribution in [-0.4, -0.2) is 51.0 Å². The van der Waals surface area contributed by atoms with Crippen LogP contribution in [0, 0.1) is 10.1 Å². The molecule has 1 fully saturated rings. The molecule has 1 aromatic heterocycles. The Kier molecular flexibility index (Phi) is 5.56. The quantitative estimate of drug-likeness (QED) is 0.549. The summed E-state index contributed by atoms with van der Waals surface area (Å²) in [6.07, 6.45) is 0. The minimum atomic E-state index is -3.78. The summed E-state index contributed by atoms with van der Waals surface area (Å²) in [4.78, 5) is 12.7. The van der Waals surface area contributed by atoms with Crippen LogP contribution in [0.25, 0.3) is 0 Å². The van der Waals surface area contributed by atoms with Crippen molar-refractivity contribution >= 4 is 32.7 Å². The van der Waals surface area contributed by atoms with Gasteiger partial charge in [0, 0.05) is 32.7 Å². The van der Waals surface area contributed by atoms with Crippen LogP contribution in [0.5, 0.6) is 0 Å². The highest BCUT2D eigenvalue weighted by molar-refractivity contribution is 7.89. The zero-order valence-electron chi connectivity index (χ0n) is 14.2. The Balaban J connectivity index is 1.92. The number of nitrogens with zero attached hydrogens (tertiary/aromatic N) is 3. The molecule has 0 aliphatic carbocycles. The van der Waals surface area contributed by atoms with Gasteiger partial charge in [-0.15, -0.1) is 0 Å². The predicted molar refractivity (Wildman–Crippen MR) is 99.1 cm³/mol. The highest BCUT2D eigenvalue weighted by Crippen LogP contribution is 2.32. The molecule has 0 N–H and O–H groups in total. The van der Waals surface area contributed by atoms with Crippen LogP contribution >= 0.6 is 11.3 Å². The van der Waals surface area contributed by atoms with E-state index in [1.165, 1.54) is 16.4 Å². The van der Waals surface area contributed by atoms with E-state index in [2.05, 4.69) is 0 Å². The van der Waals surface area contributed by atoms with Crippen LogP contribution in [0.3, 0.4) is 0 Å². The molecular weight excluding hydrogens is 378 g/mol. The van der Waals surface area contributed by atoms with Crippen molar-refractivity contribution in [2.24, 2.45) is 0 Å². The maximum atomic E-state index is 12.7. The number of benzene rings is 1. The van der Waals surface area contributed by atoms with Crippen molar-refractivity contribution in [1.82, 2.24) is 4.31 Å². The number of anilines is 1. The number of sulfonamides is 1. The van der Waals surface area contributed by atoms with E-state index in [9.17, 15) is 18.5 Å². The SMILES string of the molecule is CN(Cc1ccsc1)c1ccc(S(=O)(=O)N2CCOCC2)cc1[N+](=O)[O-]. The minimum absolute atomic E-state index is 0.0706. The fourth-order valence-corrected chi connectivity index (χ4v) is 4.90. The number of nitro groups is 1. The van der Waals surface area contributed by atoms with Gasteiger partial charge in [0.15, 0.2) is 0 Å². The van der Waals surface area contributed by atoms with Gasteiger partial charge >= 0.3 is 0 Å². The zero-order valence-corrected chi connectivity index (χ0v) is 15.8. The topological polar surface area (TPSA) is 93.0 Å². The van der Waals surface area contributed by atoms with Gasteiger partial charge in [-0.25, -0.2) is 8.42 Å². The molecule has 0 bridgehead atoms. The first-order chi connectivity index (χ1) is 12.4. The number of morpholine rings is 1. The first-order valence-corrected chi connectivity index (χ1v) is 10.4. The monoisotopic (exact) mass is 397 g/mol. The van der Waals surface area contributed by atoms with E-state index >= 15 is 0 Å². The van der Waals surface area contributed by atoms with Crippen molar-refractivity contribution in [2.45, 2.75) is 11.4 Å². The van der Waals surface area contributed by atoms with Crippen LogP contribution in [0.15, 0.2) is 39.9 Å². The zero-order chi connectivity index (χ0) is 18.7. The lowest BCUT2D eigenvalue weighted by molar-refractivity contribution is -0.384. The van der Waals surface area contributed by atoms with Crippen molar-refractivity contribution in [1.29, 1.82) is 0 Å². The molecule has 0 spiro atoms. The van der Waals surface area contributed by atoms with Gasteiger partial charge < -0.3 is 9.64 Å². The van der Waals surface area contributed by atoms with E-state index in [4.69, 9.17) is 4.74 Å². The molecule has 1 aromatic carbocycles. The van der Waals surface area contributed by atoms with E-state index in [0.29, 0.717) is 25.4 Å². The van der Waals surface area contributed by atoms with Gasteiger partial charge in [-0.05, 0) is 34.5 Å². The Labute approximate surface area is 155 Å². The lowest BCUT2D eigenvalue weighted by atomic mass is 10.2. The highest BCUT2D eigenvalue weighted by Gasteiger charge is 2.29. The van der Waals surface area contributed by atoms with Gasteiger partial charge in [-0.1, -0.05) is 0 Å². The Morgan fingerprint density at radius 3 is 2.65 bits per heavy atom. The molecule has 1 saturated heterocycles. The maximum Gasteiger partial charge on any atom is 0.293 e. The Hall–Kier alpha value is -2.01. The average molecular weight is 397 g/mol. The standard InChI is InChI=1S/C16H19N3O5S2/c1-17(11-13-4-9-25-12-13)15-3-2-14(10-16(15)19(20)21)26(22,23)18-5-7-24-8-6-18/h2-4,9-10,12H,5-8,11H2,1H3. The molecule has 8 nitrogen and oxygen atoms in total. The molecule has 10 heteroatoms. The van der Waals surface area contributed by atoms with Gasteiger partial charge in [0.1, 0.15) is 5.69 Å². The third-order valence-corrected chi connectivity index (χ3v) is 6.79. The molecule has 26 heavy (non-hydrogen) atoms. The van der Waals surface area contributed by atoms with Crippen LogP contribution in [0.4, 0.5) is 11.4 Å². The summed E-state index contributed by atoms with van der Waals surface area (Å²) in [5.74, 6) is 0. The summed E-state index contributed by atoms with van der Waals surface area (Å²) in [6.45, 7) is 1.64. The minimum Gasteiger partial charge on any atom is -0.379 e. The second-order valence-corrected chi connectivity index (χ2v) is 8.63. The van der Waals surface area contributed by atoms with Gasteiger partial charge in [-0.2, -0.15) is 15.6 Å². The molecular formula is C16H19N3O5S2. The predicted octanol–water partition coefficient (Wildman–Crippen LogP) is 2.31. The average Bonchev–Trinajstić information content (AvgIpc) is 3.14. The van der Waals surface area contributed by atoms with Gasteiger partial charge in [0.2, 0.25) is 10.0 Å². The number of hydrogen-bond acceptors (Lipinski definition) is 7. The second-order valence-electron chi connectivity index (χ2n) is 5.91. The van der Waals surface area contributed by atoms with E-state index in [1.54, 1.807) is 23.3 Å². The third kappa shape index (κ3) is 3.88. The smallest absolute Gasteiger partial charge is 0.293 e. The summed E-state index contributed by atoms with van der Waals surface area (Å²) < 4.78 is 31.9. The summed E-state index contributed by atoms with van der Waals surface area (Å²) in [5, 5.41) is 15.4. The van der Waals surface area contributed by atoms with Crippen LogP contribution in [0.1, 0.15) is 5.56 Å².